The van der Waals surface area contributed by atoms with Crippen LogP contribution in [-0.4, -0.2) is 29.3 Å². The normalized spacial score (nSPS) is 13.9. The van der Waals surface area contributed by atoms with Gasteiger partial charge in [-0.15, -0.1) is 0 Å². The third-order valence-corrected chi connectivity index (χ3v) is 3.57. The van der Waals surface area contributed by atoms with E-state index in [1.165, 1.54) is 5.56 Å². The molecule has 0 saturated heterocycles. The number of aryl methyl sites for hydroxylation is 2. The molecule has 1 aromatic heterocycles. The van der Waals surface area contributed by atoms with Gasteiger partial charge in [-0.3, -0.25) is 9.69 Å². The number of amidine groups is 1. The molecule has 0 spiro atoms. The number of aliphatic imine (C=N–C) groups is 1. The molecule has 0 bridgehead atoms. The number of benzene rings is 1. The number of hydrogen-bond donors (Lipinski definition) is 2. The molecule has 1 aromatic carbocycles. The van der Waals surface area contributed by atoms with E-state index in [1.54, 1.807) is 6.07 Å². The molecular formula is C15H18N4O. The summed E-state index contributed by atoms with van der Waals surface area (Å²) in [5.74, 6) is 1.12. The first kappa shape index (κ1) is 12.6. The van der Waals surface area contributed by atoms with Gasteiger partial charge in [-0.25, -0.2) is 4.99 Å². The molecule has 1 aliphatic rings. The van der Waals surface area contributed by atoms with Crippen LogP contribution in [0.5, 0.6) is 5.75 Å². The maximum Gasteiger partial charge on any atom is 0.153 e. The molecule has 2 aromatic rings. The van der Waals surface area contributed by atoms with E-state index in [0.29, 0.717) is 6.67 Å². The topological polar surface area (TPSA) is 52.8 Å². The number of anilines is 1. The Balaban J connectivity index is 1.95. The van der Waals surface area contributed by atoms with Gasteiger partial charge in [0.05, 0.1) is 0 Å². The fourth-order valence-corrected chi connectivity index (χ4v) is 2.34. The third-order valence-electron chi connectivity index (χ3n) is 3.57. The van der Waals surface area contributed by atoms with E-state index < -0.39 is 0 Å². The average Bonchev–Trinajstić information content (AvgIpc) is 2.81. The van der Waals surface area contributed by atoms with Crippen molar-refractivity contribution in [2.75, 3.05) is 24.0 Å². The Kier molecular flexibility index (Phi) is 2.89. The van der Waals surface area contributed by atoms with Gasteiger partial charge in [0.15, 0.2) is 5.84 Å². The Morgan fingerprint density at radius 3 is 2.75 bits per heavy atom. The zero-order chi connectivity index (χ0) is 14.3. The van der Waals surface area contributed by atoms with Crippen molar-refractivity contribution in [3.63, 3.8) is 0 Å². The molecule has 2 heterocycles. The van der Waals surface area contributed by atoms with Gasteiger partial charge in [0.1, 0.15) is 18.1 Å². The van der Waals surface area contributed by atoms with Crippen LogP contribution in [-0.2, 0) is 0 Å². The van der Waals surface area contributed by atoms with Gasteiger partial charge in [0, 0.05) is 25.0 Å². The lowest BCUT2D eigenvalue weighted by Crippen LogP contribution is -2.39. The third kappa shape index (κ3) is 2.01. The van der Waals surface area contributed by atoms with Gasteiger partial charge in [0.25, 0.3) is 0 Å². The zero-order valence-corrected chi connectivity index (χ0v) is 11.9. The lowest BCUT2D eigenvalue weighted by atomic mass is 10.2. The number of rotatable bonds is 1. The standard InChI is InChI=1S/C15H18N4O/c1-10-4-5-12(8-13(10)20)17-15-14-11(2)6-7-19(14)18(3)9-16-15/h4-8,20H,9H2,1-3H3,(H,16,17). The molecule has 0 radical (unpaired) electrons. The summed E-state index contributed by atoms with van der Waals surface area (Å²) in [6.07, 6.45) is 2.04. The molecule has 0 fully saturated rings. The second-order valence-electron chi connectivity index (χ2n) is 5.12. The van der Waals surface area contributed by atoms with Crippen LogP contribution >= 0.6 is 0 Å². The molecular weight excluding hydrogens is 252 g/mol. The van der Waals surface area contributed by atoms with E-state index >= 15 is 0 Å². The lowest BCUT2D eigenvalue weighted by molar-refractivity contribution is 0.471. The number of aromatic nitrogens is 1. The van der Waals surface area contributed by atoms with E-state index in [4.69, 9.17) is 0 Å². The Morgan fingerprint density at radius 2 is 2.00 bits per heavy atom. The van der Waals surface area contributed by atoms with Crippen molar-refractivity contribution in [3.05, 3.63) is 47.3 Å². The number of nitrogens with zero attached hydrogens (tertiary/aromatic N) is 3. The Morgan fingerprint density at radius 1 is 1.20 bits per heavy atom. The van der Waals surface area contributed by atoms with Gasteiger partial charge in [-0.2, -0.15) is 0 Å². The number of nitrogens with one attached hydrogen (secondary N) is 1. The number of fused-ring (bicyclic) bond motifs is 1. The summed E-state index contributed by atoms with van der Waals surface area (Å²) in [6.45, 7) is 4.54. The van der Waals surface area contributed by atoms with E-state index in [9.17, 15) is 5.11 Å². The van der Waals surface area contributed by atoms with Crippen LogP contribution < -0.4 is 10.3 Å². The first-order chi connectivity index (χ1) is 9.56. The number of phenolic OH excluding ortho intramolecular Hbond substituents is 1. The first-order valence-electron chi connectivity index (χ1n) is 6.57. The monoisotopic (exact) mass is 270 g/mol. The smallest absolute Gasteiger partial charge is 0.153 e. The highest BCUT2D eigenvalue weighted by molar-refractivity contribution is 6.08. The van der Waals surface area contributed by atoms with Crippen LogP contribution in [0.4, 0.5) is 5.69 Å². The minimum atomic E-state index is 0.288. The minimum Gasteiger partial charge on any atom is -0.508 e. The SMILES string of the molecule is Cc1ccc(NC2=NCN(C)n3ccc(C)c32)cc1O. The van der Waals surface area contributed by atoms with E-state index in [0.717, 1.165) is 22.8 Å². The van der Waals surface area contributed by atoms with Gasteiger partial charge >= 0.3 is 0 Å². The molecule has 20 heavy (non-hydrogen) atoms. The molecule has 0 saturated carbocycles. The predicted octanol–water partition coefficient (Wildman–Crippen LogP) is 2.21. The van der Waals surface area contributed by atoms with Crippen LogP contribution in [0.25, 0.3) is 0 Å². The van der Waals surface area contributed by atoms with Crippen LogP contribution in [0.2, 0.25) is 0 Å². The van der Waals surface area contributed by atoms with Crippen molar-refractivity contribution < 1.29 is 5.11 Å². The van der Waals surface area contributed by atoms with Crippen molar-refractivity contribution in [2.45, 2.75) is 13.8 Å². The summed E-state index contributed by atoms with van der Waals surface area (Å²) in [5.41, 5.74) is 3.92. The van der Waals surface area contributed by atoms with Gasteiger partial charge in [0.2, 0.25) is 0 Å². The summed E-state index contributed by atoms with van der Waals surface area (Å²) in [6, 6.07) is 7.62. The number of hydrogen-bond acceptors (Lipinski definition) is 4. The summed E-state index contributed by atoms with van der Waals surface area (Å²) in [4.78, 5) is 4.56. The largest absolute Gasteiger partial charge is 0.508 e. The van der Waals surface area contributed by atoms with Crippen molar-refractivity contribution >= 4 is 11.5 Å². The van der Waals surface area contributed by atoms with Crippen LogP contribution in [0.3, 0.4) is 0 Å². The summed E-state index contributed by atoms with van der Waals surface area (Å²) < 4.78 is 2.08. The summed E-state index contributed by atoms with van der Waals surface area (Å²) >= 11 is 0. The summed E-state index contributed by atoms with van der Waals surface area (Å²) in [7, 11) is 2.00. The number of phenols is 1. The van der Waals surface area contributed by atoms with Crippen molar-refractivity contribution in [1.82, 2.24) is 4.68 Å². The van der Waals surface area contributed by atoms with Crippen molar-refractivity contribution in [2.24, 2.45) is 4.99 Å². The van der Waals surface area contributed by atoms with Crippen molar-refractivity contribution in [3.8, 4) is 5.75 Å². The molecule has 5 heteroatoms. The molecule has 0 unspecified atom stereocenters. The van der Waals surface area contributed by atoms with Crippen LogP contribution in [0, 0.1) is 13.8 Å². The molecule has 0 amide bonds. The quantitative estimate of drug-likeness (QED) is 0.835. The molecule has 1 aliphatic heterocycles. The highest BCUT2D eigenvalue weighted by Gasteiger charge is 2.19. The first-order valence-corrected chi connectivity index (χ1v) is 6.57. The van der Waals surface area contributed by atoms with Gasteiger partial charge in [-0.05, 0) is 37.1 Å². The minimum absolute atomic E-state index is 0.288. The van der Waals surface area contributed by atoms with Gasteiger partial charge < -0.3 is 10.4 Å². The molecule has 0 aliphatic carbocycles. The Bertz CT molecular complexity index is 687. The second kappa shape index (κ2) is 4.59. The molecule has 2 N–H and O–H groups in total. The molecule has 0 atom stereocenters. The van der Waals surface area contributed by atoms with Crippen LogP contribution in [0.15, 0.2) is 35.5 Å². The van der Waals surface area contributed by atoms with Crippen LogP contribution in [0.1, 0.15) is 16.8 Å². The maximum absolute atomic E-state index is 9.79. The fourth-order valence-electron chi connectivity index (χ4n) is 2.34. The van der Waals surface area contributed by atoms with Gasteiger partial charge in [-0.1, -0.05) is 6.07 Å². The number of aromatic hydroxyl groups is 1. The van der Waals surface area contributed by atoms with E-state index in [-0.39, 0.29) is 5.75 Å². The fraction of sp³-hybridized carbons (Fsp3) is 0.267. The molecule has 104 valence electrons. The van der Waals surface area contributed by atoms with Crippen molar-refractivity contribution in [1.29, 1.82) is 0 Å². The second-order valence-corrected chi connectivity index (χ2v) is 5.12. The highest BCUT2D eigenvalue weighted by atomic mass is 16.3. The Labute approximate surface area is 118 Å². The molecule has 3 rings (SSSR count). The zero-order valence-electron chi connectivity index (χ0n) is 11.9. The van der Waals surface area contributed by atoms with E-state index in [2.05, 4.69) is 28.0 Å². The highest BCUT2D eigenvalue weighted by Crippen LogP contribution is 2.23. The predicted molar refractivity (Wildman–Crippen MR) is 81.2 cm³/mol. The summed E-state index contributed by atoms with van der Waals surface area (Å²) in [5, 5.41) is 15.1. The lowest BCUT2D eigenvalue weighted by Gasteiger charge is -2.27. The maximum atomic E-state index is 9.79. The molecule has 5 nitrogen and oxygen atoms in total. The van der Waals surface area contributed by atoms with E-state index in [1.807, 2.05) is 37.3 Å². The Hall–Kier alpha value is -2.43. The average molecular weight is 270 g/mol.